The highest BCUT2D eigenvalue weighted by atomic mass is 32.1. The Balaban J connectivity index is 1.63. The molecule has 2 N–H and O–H groups in total. The third-order valence-electron chi connectivity index (χ3n) is 3.59. The predicted octanol–water partition coefficient (Wildman–Crippen LogP) is 2.84. The summed E-state index contributed by atoms with van der Waals surface area (Å²) in [7, 11) is 0. The monoisotopic (exact) mass is 286 g/mol. The van der Waals surface area contributed by atoms with Gasteiger partial charge in [-0.25, -0.2) is 0 Å². The van der Waals surface area contributed by atoms with Gasteiger partial charge >= 0.3 is 0 Å². The first-order valence-electron chi connectivity index (χ1n) is 6.94. The van der Waals surface area contributed by atoms with E-state index in [0.717, 1.165) is 30.0 Å². The molecule has 0 radical (unpaired) electrons. The van der Waals surface area contributed by atoms with Crippen LogP contribution in [0.25, 0.3) is 0 Å². The number of carbonyl (C=O) groups is 1. The molecular formula is C16H18N2OS. The summed E-state index contributed by atoms with van der Waals surface area (Å²) >= 11 is 1.57. The quantitative estimate of drug-likeness (QED) is 0.907. The lowest BCUT2D eigenvalue weighted by Gasteiger charge is -2.06. The average molecular weight is 286 g/mol. The summed E-state index contributed by atoms with van der Waals surface area (Å²) in [5.41, 5.74) is 3.88. The van der Waals surface area contributed by atoms with E-state index in [0.29, 0.717) is 6.54 Å². The number of benzene rings is 1. The van der Waals surface area contributed by atoms with Crippen molar-refractivity contribution in [3.8, 4) is 0 Å². The predicted molar refractivity (Wildman–Crippen MR) is 81.9 cm³/mol. The first kappa shape index (κ1) is 13.3. The number of amides is 1. The molecule has 1 aliphatic heterocycles. The highest BCUT2D eigenvalue weighted by molar-refractivity contribution is 7.14. The maximum Gasteiger partial charge on any atom is 0.261 e. The van der Waals surface area contributed by atoms with Crippen molar-refractivity contribution in [1.29, 1.82) is 0 Å². The number of aryl methyl sites for hydroxylation is 1. The number of thiophene rings is 1. The molecule has 2 heterocycles. The van der Waals surface area contributed by atoms with Gasteiger partial charge in [-0.1, -0.05) is 25.1 Å². The van der Waals surface area contributed by atoms with Crippen LogP contribution >= 0.6 is 11.3 Å². The number of fused-ring (bicyclic) bond motifs is 1. The fourth-order valence-corrected chi connectivity index (χ4v) is 3.28. The highest BCUT2D eigenvalue weighted by Crippen LogP contribution is 2.18. The topological polar surface area (TPSA) is 41.1 Å². The molecule has 3 nitrogen and oxygen atoms in total. The van der Waals surface area contributed by atoms with E-state index in [1.165, 1.54) is 16.0 Å². The molecular weight excluding hydrogens is 268 g/mol. The van der Waals surface area contributed by atoms with Crippen LogP contribution in [0.3, 0.4) is 0 Å². The summed E-state index contributed by atoms with van der Waals surface area (Å²) in [5, 5.41) is 6.32. The Kier molecular flexibility index (Phi) is 3.85. The Morgan fingerprint density at radius 2 is 2.10 bits per heavy atom. The van der Waals surface area contributed by atoms with Gasteiger partial charge in [-0.2, -0.15) is 0 Å². The van der Waals surface area contributed by atoms with E-state index in [2.05, 4.69) is 35.8 Å². The van der Waals surface area contributed by atoms with Crippen LogP contribution in [0.4, 0.5) is 0 Å². The van der Waals surface area contributed by atoms with Gasteiger partial charge in [-0.3, -0.25) is 4.79 Å². The third-order valence-corrected chi connectivity index (χ3v) is 4.82. The van der Waals surface area contributed by atoms with E-state index in [-0.39, 0.29) is 5.91 Å². The van der Waals surface area contributed by atoms with Crippen molar-refractivity contribution in [2.24, 2.45) is 0 Å². The maximum absolute atomic E-state index is 12.1. The summed E-state index contributed by atoms with van der Waals surface area (Å²) in [5.74, 6) is 0.0216. The van der Waals surface area contributed by atoms with Crippen LogP contribution in [-0.4, -0.2) is 5.91 Å². The Morgan fingerprint density at radius 1 is 1.25 bits per heavy atom. The van der Waals surface area contributed by atoms with Crippen LogP contribution < -0.4 is 10.6 Å². The number of nitrogens with one attached hydrogen (secondary N) is 2. The molecule has 4 heteroatoms. The van der Waals surface area contributed by atoms with Crippen molar-refractivity contribution < 1.29 is 4.79 Å². The minimum absolute atomic E-state index is 0.0216. The van der Waals surface area contributed by atoms with Crippen molar-refractivity contribution in [2.45, 2.75) is 33.0 Å². The molecule has 1 aromatic heterocycles. The van der Waals surface area contributed by atoms with Gasteiger partial charge in [0, 0.05) is 24.5 Å². The first-order chi connectivity index (χ1) is 9.76. The fourth-order valence-electron chi connectivity index (χ4n) is 2.42. The summed E-state index contributed by atoms with van der Waals surface area (Å²) in [6, 6.07) is 10.4. The lowest BCUT2D eigenvalue weighted by molar-refractivity contribution is 0.0955. The second-order valence-corrected chi connectivity index (χ2v) is 6.18. The van der Waals surface area contributed by atoms with E-state index in [1.54, 1.807) is 11.3 Å². The Hall–Kier alpha value is -1.65. The van der Waals surface area contributed by atoms with Gasteiger partial charge in [-0.15, -0.1) is 11.3 Å². The molecule has 0 fully saturated rings. The lowest BCUT2D eigenvalue weighted by Crippen LogP contribution is -2.21. The molecule has 0 atom stereocenters. The second-order valence-electron chi connectivity index (χ2n) is 5.01. The van der Waals surface area contributed by atoms with Crippen LogP contribution in [0.2, 0.25) is 0 Å². The minimum atomic E-state index is 0.0216. The molecule has 20 heavy (non-hydrogen) atoms. The Morgan fingerprint density at radius 3 is 2.90 bits per heavy atom. The van der Waals surface area contributed by atoms with Crippen LogP contribution in [0, 0.1) is 0 Å². The zero-order valence-corrected chi connectivity index (χ0v) is 12.3. The van der Waals surface area contributed by atoms with Gasteiger partial charge in [0.1, 0.15) is 0 Å². The molecule has 0 unspecified atom stereocenters. The molecule has 0 saturated carbocycles. The maximum atomic E-state index is 12.1. The molecule has 1 aromatic carbocycles. The van der Waals surface area contributed by atoms with Crippen molar-refractivity contribution in [3.05, 3.63) is 56.8 Å². The van der Waals surface area contributed by atoms with Crippen LogP contribution in [0.1, 0.15) is 38.2 Å². The first-order valence-corrected chi connectivity index (χ1v) is 7.76. The molecule has 104 valence electrons. The van der Waals surface area contributed by atoms with Gasteiger partial charge < -0.3 is 10.6 Å². The summed E-state index contributed by atoms with van der Waals surface area (Å²) < 4.78 is 0. The molecule has 0 saturated heterocycles. The van der Waals surface area contributed by atoms with Crippen LogP contribution in [0.5, 0.6) is 0 Å². The number of hydrogen-bond acceptors (Lipinski definition) is 3. The molecule has 1 amide bonds. The SMILES string of the molecule is CCc1ccc(C(=O)NCc2ccc3c(c2)CNC3)s1. The Bertz CT molecular complexity index is 633. The summed E-state index contributed by atoms with van der Waals surface area (Å²) in [6.45, 7) is 4.58. The van der Waals surface area contributed by atoms with Crippen molar-refractivity contribution in [3.63, 3.8) is 0 Å². The van der Waals surface area contributed by atoms with Gasteiger partial charge in [-0.05, 0) is 35.2 Å². The highest BCUT2D eigenvalue weighted by Gasteiger charge is 2.11. The van der Waals surface area contributed by atoms with E-state index >= 15 is 0 Å². The standard InChI is InChI=1S/C16H18N2OS/c1-2-14-5-6-15(20-14)16(19)18-8-11-3-4-12-9-17-10-13(12)7-11/h3-7,17H,2,8-10H2,1H3,(H,18,19). The smallest absolute Gasteiger partial charge is 0.261 e. The largest absolute Gasteiger partial charge is 0.347 e. The number of hydrogen-bond donors (Lipinski definition) is 2. The Labute approximate surface area is 123 Å². The van der Waals surface area contributed by atoms with E-state index in [4.69, 9.17) is 0 Å². The molecule has 0 spiro atoms. The summed E-state index contributed by atoms with van der Waals surface area (Å²) in [4.78, 5) is 14.1. The van der Waals surface area contributed by atoms with Crippen molar-refractivity contribution in [1.82, 2.24) is 10.6 Å². The van der Waals surface area contributed by atoms with Gasteiger partial charge in [0.25, 0.3) is 5.91 Å². The van der Waals surface area contributed by atoms with Crippen molar-refractivity contribution >= 4 is 17.2 Å². The zero-order chi connectivity index (χ0) is 13.9. The molecule has 2 aromatic rings. The molecule has 3 rings (SSSR count). The second kappa shape index (κ2) is 5.77. The van der Waals surface area contributed by atoms with E-state index < -0.39 is 0 Å². The van der Waals surface area contributed by atoms with Gasteiger partial charge in [0.05, 0.1) is 4.88 Å². The van der Waals surface area contributed by atoms with Crippen LogP contribution in [-0.2, 0) is 26.1 Å². The number of rotatable bonds is 4. The average Bonchev–Trinajstić information content (AvgIpc) is 3.12. The third kappa shape index (κ3) is 2.76. The van der Waals surface area contributed by atoms with Crippen LogP contribution in [0.15, 0.2) is 30.3 Å². The van der Waals surface area contributed by atoms with Gasteiger partial charge in [0.15, 0.2) is 0 Å². The van der Waals surface area contributed by atoms with E-state index in [1.807, 2.05) is 12.1 Å². The zero-order valence-electron chi connectivity index (χ0n) is 11.5. The number of carbonyl (C=O) groups excluding carboxylic acids is 1. The lowest BCUT2D eigenvalue weighted by atomic mass is 10.1. The molecule has 0 aliphatic carbocycles. The minimum Gasteiger partial charge on any atom is -0.347 e. The fraction of sp³-hybridized carbons (Fsp3) is 0.312. The molecule has 1 aliphatic rings. The van der Waals surface area contributed by atoms with E-state index in [9.17, 15) is 4.79 Å². The normalized spacial score (nSPS) is 13.2. The summed E-state index contributed by atoms with van der Waals surface area (Å²) in [6.07, 6.45) is 0.982. The van der Waals surface area contributed by atoms with Gasteiger partial charge in [0.2, 0.25) is 0 Å². The molecule has 0 bridgehead atoms. The van der Waals surface area contributed by atoms with Crippen molar-refractivity contribution in [2.75, 3.05) is 0 Å².